The molecule has 4 aromatic carbocycles. The summed E-state index contributed by atoms with van der Waals surface area (Å²) in [5, 5.41) is 0. The molecule has 0 spiro atoms. The second-order valence-corrected chi connectivity index (χ2v) is 13.6. The van der Waals surface area contributed by atoms with Crippen molar-refractivity contribution in [2.24, 2.45) is 0 Å². The van der Waals surface area contributed by atoms with Crippen LogP contribution in [0.4, 0.5) is 0 Å². The molecule has 0 aliphatic carbocycles. The number of nitrogens with zero attached hydrogens (tertiary/aromatic N) is 8. The van der Waals surface area contributed by atoms with Crippen molar-refractivity contribution in [1.29, 1.82) is 22.1 Å². The van der Waals surface area contributed by atoms with E-state index in [-0.39, 0.29) is 16.8 Å². The monoisotopic (exact) mass is 614 g/mol. The Hall–Kier alpha value is -4.82. The van der Waals surface area contributed by atoms with Crippen molar-refractivity contribution in [2.75, 3.05) is 0 Å². The average Bonchev–Trinajstić information content (AvgIpc) is 2.94. The van der Waals surface area contributed by atoms with Crippen molar-refractivity contribution in [3.63, 3.8) is 0 Å². The summed E-state index contributed by atoms with van der Waals surface area (Å²) in [6, 6.07) is 44.2. The Labute approximate surface area is 232 Å². The Balaban J connectivity index is 0. The number of hydrogen-bond acceptors (Lipinski definition) is 4. The van der Waals surface area contributed by atoms with E-state index >= 15 is 0 Å². The van der Waals surface area contributed by atoms with Gasteiger partial charge in [0.2, 0.25) is 0 Å². The molecule has 0 atom stereocenters. The number of nitrogens with one attached hydrogen (secondary N) is 4. The zero-order valence-electron chi connectivity index (χ0n) is 19.9. The topological polar surface area (TPSA) is 241 Å². The van der Waals surface area contributed by atoms with E-state index < -0.39 is 13.6 Å². The summed E-state index contributed by atoms with van der Waals surface area (Å²) >= 11 is -2.77. The molecule has 14 heteroatoms. The first-order valence-corrected chi connectivity index (χ1v) is 14.0. The SMILES string of the molecule is [Co].[N-]=[N+]=N.[N-]=[N+]=N.[N-]=[N+]=N.[N-]=[N+]=N.c1ccc([As+](c2ccccc2)(c2ccccc2)c2ccccc2)cc1. The third kappa shape index (κ3) is 10.8. The van der Waals surface area contributed by atoms with Gasteiger partial charge in [-0.3, -0.25) is 0 Å². The van der Waals surface area contributed by atoms with Crippen LogP contribution in [0.5, 0.6) is 0 Å². The fraction of sp³-hybridized carbons (Fsp3) is 0. The molecule has 0 aliphatic heterocycles. The van der Waals surface area contributed by atoms with Gasteiger partial charge >= 0.3 is 152 Å². The summed E-state index contributed by atoms with van der Waals surface area (Å²) < 4.78 is 5.79. The van der Waals surface area contributed by atoms with E-state index in [0.717, 1.165) is 0 Å². The summed E-state index contributed by atoms with van der Waals surface area (Å²) in [7, 11) is 0. The van der Waals surface area contributed by atoms with Crippen molar-refractivity contribution < 1.29 is 16.8 Å². The quantitative estimate of drug-likeness (QED) is 0.0826. The second kappa shape index (κ2) is 22.6. The van der Waals surface area contributed by atoms with Gasteiger partial charge in [-0.1, -0.05) is 0 Å². The third-order valence-corrected chi connectivity index (χ3v) is 13.6. The fourth-order valence-electron chi connectivity index (χ4n) is 3.50. The number of benzene rings is 4. The summed E-state index contributed by atoms with van der Waals surface area (Å²) in [5.74, 6) is 0. The zero-order chi connectivity index (χ0) is 27.8. The zero-order valence-corrected chi connectivity index (χ0v) is 22.8. The molecular weight excluding hydrogens is 590 g/mol. The first kappa shape index (κ1) is 35.3. The molecule has 0 saturated heterocycles. The number of rotatable bonds is 4. The van der Waals surface area contributed by atoms with Gasteiger partial charge in [-0.2, -0.15) is 0 Å². The summed E-state index contributed by atoms with van der Waals surface area (Å²) in [4.78, 5) is 7.00. The molecule has 0 fully saturated rings. The molecule has 0 aromatic heterocycles. The van der Waals surface area contributed by atoms with Gasteiger partial charge in [0.05, 0.1) is 0 Å². The molecule has 193 valence electrons. The molecular formula is C24H24AsCoN12+. The molecule has 0 amide bonds. The predicted molar refractivity (Wildman–Crippen MR) is 148 cm³/mol. The minimum atomic E-state index is -2.77. The van der Waals surface area contributed by atoms with E-state index in [1.807, 2.05) is 0 Å². The van der Waals surface area contributed by atoms with E-state index in [9.17, 15) is 0 Å². The van der Waals surface area contributed by atoms with Crippen LogP contribution in [0.15, 0.2) is 121 Å². The van der Waals surface area contributed by atoms with Crippen LogP contribution in [0.2, 0.25) is 0 Å². The van der Waals surface area contributed by atoms with Crippen LogP contribution in [-0.2, 0) is 16.8 Å². The molecule has 0 unspecified atom stereocenters. The Morgan fingerprint density at radius 2 is 0.500 bits per heavy atom. The first-order chi connectivity index (χ1) is 18.1. The van der Waals surface area contributed by atoms with E-state index in [0.29, 0.717) is 0 Å². The predicted octanol–water partition coefficient (Wildman–Crippen LogP) is 6.56. The fourth-order valence-corrected chi connectivity index (χ4v) is 12.5. The van der Waals surface area contributed by atoms with Crippen molar-refractivity contribution in [1.82, 2.24) is 0 Å². The first-order valence-electron chi connectivity index (χ1n) is 10.2. The van der Waals surface area contributed by atoms with Crippen LogP contribution >= 0.6 is 0 Å². The summed E-state index contributed by atoms with van der Waals surface area (Å²) in [5.41, 5.74) is 49.0. The maximum absolute atomic E-state index is 6.86. The Kier molecular flexibility index (Phi) is 21.1. The van der Waals surface area contributed by atoms with Crippen LogP contribution in [0, 0.1) is 22.1 Å². The summed E-state index contributed by atoms with van der Waals surface area (Å²) in [6.45, 7) is 0. The minimum absolute atomic E-state index is 0. The van der Waals surface area contributed by atoms with E-state index in [1.165, 1.54) is 17.4 Å². The molecule has 0 saturated carbocycles. The van der Waals surface area contributed by atoms with Gasteiger partial charge in [-0.15, -0.1) is 22.1 Å². The molecule has 0 bridgehead atoms. The Morgan fingerprint density at radius 1 is 0.368 bits per heavy atom. The maximum atomic E-state index is 6.86. The van der Waals surface area contributed by atoms with Crippen molar-refractivity contribution in [2.45, 2.75) is 0 Å². The van der Waals surface area contributed by atoms with E-state index in [2.05, 4.69) is 121 Å². The normalized spacial score (nSPS) is 8.21. The van der Waals surface area contributed by atoms with Crippen LogP contribution in [0.1, 0.15) is 0 Å². The van der Waals surface area contributed by atoms with Crippen LogP contribution < -0.4 is 17.4 Å². The second-order valence-electron chi connectivity index (χ2n) is 6.41. The molecule has 38 heavy (non-hydrogen) atoms. The van der Waals surface area contributed by atoms with Gasteiger partial charge in [0, 0.05) is 16.8 Å². The molecule has 0 aliphatic rings. The molecule has 4 N–H and O–H groups in total. The summed E-state index contributed by atoms with van der Waals surface area (Å²) in [6.07, 6.45) is 0. The van der Waals surface area contributed by atoms with Gasteiger partial charge in [0.1, 0.15) is 0 Å². The molecule has 4 aromatic rings. The molecule has 1 radical (unpaired) electrons. The van der Waals surface area contributed by atoms with Crippen LogP contribution in [-0.4, -0.2) is 13.6 Å². The molecule has 12 nitrogen and oxygen atoms in total. The van der Waals surface area contributed by atoms with E-state index in [1.54, 1.807) is 19.6 Å². The third-order valence-electron chi connectivity index (χ3n) is 4.57. The van der Waals surface area contributed by atoms with Crippen molar-refractivity contribution >= 4 is 31.0 Å². The van der Waals surface area contributed by atoms with E-state index in [4.69, 9.17) is 44.2 Å². The standard InChI is InChI=1S/C24H20As.Co.4HN3/c1-5-13-21(14-6-1)25(22-15-7-2-8-16-22,23-17-9-3-10-18-23)24-19-11-4-12-20-24;;4*1-3-2/h1-20H;;4*1H/q+1;;;;;. The number of hydrogen-bond donors (Lipinski definition) is 4. The van der Waals surface area contributed by atoms with Crippen molar-refractivity contribution in [3.05, 3.63) is 163 Å². The van der Waals surface area contributed by atoms with Gasteiger partial charge in [0.25, 0.3) is 0 Å². The van der Waals surface area contributed by atoms with Gasteiger partial charge in [-0.25, -0.2) is 0 Å². The average molecular weight is 614 g/mol. The van der Waals surface area contributed by atoms with Crippen LogP contribution in [0.25, 0.3) is 41.8 Å². The van der Waals surface area contributed by atoms with Gasteiger partial charge in [-0.05, 0) is 41.8 Å². The van der Waals surface area contributed by atoms with Crippen molar-refractivity contribution in [3.8, 4) is 0 Å². The molecule has 4 rings (SSSR count). The molecule has 0 heterocycles. The Morgan fingerprint density at radius 3 is 0.632 bits per heavy atom. The van der Waals surface area contributed by atoms with Gasteiger partial charge in [0.15, 0.2) is 0 Å². The Bertz CT molecular complexity index is 1090. The van der Waals surface area contributed by atoms with Gasteiger partial charge < -0.3 is 0 Å². The van der Waals surface area contributed by atoms with Crippen LogP contribution in [0.3, 0.4) is 0 Å².